The summed E-state index contributed by atoms with van der Waals surface area (Å²) in [6.07, 6.45) is 0.981. The van der Waals surface area contributed by atoms with Crippen molar-refractivity contribution in [3.05, 3.63) is 38.8 Å². The topological polar surface area (TPSA) is 26.3 Å². The Labute approximate surface area is 106 Å². The molecule has 0 saturated heterocycles. The highest BCUT2D eigenvalue weighted by Gasteiger charge is 2.16. The van der Waals surface area contributed by atoms with E-state index in [4.69, 9.17) is 51.1 Å². The predicted octanol–water partition coefficient (Wildman–Crippen LogP) is 4.39. The molecule has 1 aromatic rings. The minimum Gasteiger partial charge on any atom is -0.420 e. The van der Waals surface area contributed by atoms with Crippen molar-refractivity contribution in [1.29, 1.82) is 0 Å². The van der Waals surface area contributed by atoms with E-state index in [-0.39, 0.29) is 25.8 Å². The third kappa shape index (κ3) is 2.79. The van der Waals surface area contributed by atoms with E-state index in [1.54, 1.807) is 0 Å². The van der Waals surface area contributed by atoms with Crippen molar-refractivity contribution in [3.8, 4) is 5.75 Å². The molecule has 1 aromatic carbocycles. The van der Waals surface area contributed by atoms with Crippen LogP contribution in [0.1, 0.15) is 0 Å². The zero-order chi connectivity index (χ0) is 11.6. The Hall–Kier alpha value is -0.410. The van der Waals surface area contributed by atoms with Crippen molar-refractivity contribution in [3.63, 3.8) is 0 Å². The largest absolute Gasteiger partial charge is 0.420 e. The summed E-state index contributed by atoms with van der Waals surface area (Å²) in [5, 5.41) is 0.355. The number of esters is 1. The molecule has 0 spiro atoms. The fourth-order valence-electron chi connectivity index (χ4n) is 0.785. The number of carbonyl (C=O) groups excluding carboxylic acids is 1. The molecule has 15 heavy (non-hydrogen) atoms. The van der Waals surface area contributed by atoms with Gasteiger partial charge in [-0.3, -0.25) is 0 Å². The van der Waals surface area contributed by atoms with Gasteiger partial charge in [-0.2, -0.15) is 0 Å². The molecule has 2 nitrogen and oxygen atoms in total. The van der Waals surface area contributed by atoms with Crippen LogP contribution in [0.2, 0.25) is 20.1 Å². The SMILES string of the molecule is C=CC(=O)Oc1c(Cl)cc(Cl)c(Cl)c1Cl. The maximum atomic E-state index is 10.9. The van der Waals surface area contributed by atoms with Gasteiger partial charge in [0.15, 0.2) is 5.75 Å². The van der Waals surface area contributed by atoms with E-state index in [0.29, 0.717) is 0 Å². The molecular formula is C9H4Cl4O2. The van der Waals surface area contributed by atoms with Crippen LogP contribution in [0.3, 0.4) is 0 Å². The second kappa shape index (κ2) is 5.08. The van der Waals surface area contributed by atoms with Gasteiger partial charge in [-0.05, 0) is 6.07 Å². The van der Waals surface area contributed by atoms with E-state index in [1.165, 1.54) is 6.07 Å². The second-order valence-corrected chi connectivity index (χ2v) is 3.99. The Kier molecular flexibility index (Phi) is 4.29. The molecule has 0 amide bonds. The summed E-state index contributed by atoms with van der Waals surface area (Å²) >= 11 is 23.0. The molecule has 0 atom stereocenters. The van der Waals surface area contributed by atoms with Crippen molar-refractivity contribution < 1.29 is 9.53 Å². The first-order valence-corrected chi connectivity index (χ1v) is 5.15. The third-order valence-corrected chi connectivity index (χ3v) is 2.97. The fraction of sp³-hybridized carbons (Fsp3) is 0. The number of ether oxygens (including phenoxy) is 1. The molecule has 0 N–H and O–H groups in total. The molecule has 0 unspecified atom stereocenters. The van der Waals surface area contributed by atoms with Crippen molar-refractivity contribution in [2.24, 2.45) is 0 Å². The van der Waals surface area contributed by atoms with Crippen LogP contribution >= 0.6 is 46.4 Å². The molecule has 80 valence electrons. The standard InChI is InChI=1S/C9H4Cl4O2/c1-2-6(14)15-9-5(11)3-4(10)7(12)8(9)13/h2-3H,1H2. The molecule has 0 heterocycles. The minimum atomic E-state index is -0.683. The second-order valence-electron chi connectivity index (χ2n) is 2.42. The van der Waals surface area contributed by atoms with E-state index < -0.39 is 5.97 Å². The molecule has 0 aromatic heterocycles. The number of rotatable bonds is 2. The lowest BCUT2D eigenvalue weighted by molar-refractivity contribution is -0.128. The molecule has 0 aliphatic carbocycles. The van der Waals surface area contributed by atoms with Gasteiger partial charge >= 0.3 is 5.97 Å². The summed E-state index contributed by atoms with van der Waals surface area (Å²) in [6, 6.07) is 1.34. The highest BCUT2D eigenvalue weighted by molar-refractivity contribution is 6.50. The van der Waals surface area contributed by atoms with Gasteiger partial charge in [0.2, 0.25) is 0 Å². The zero-order valence-corrected chi connectivity index (χ0v) is 10.2. The molecule has 0 fully saturated rings. The van der Waals surface area contributed by atoms with E-state index in [0.717, 1.165) is 6.08 Å². The van der Waals surface area contributed by atoms with Gasteiger partial charge in [0.1, 0.15) is 5.02 Å². The lowest BCUT2D eigenvalue weighted by Crippen LogP contribution is -2.04. The van der Waals surface area contributed by atoms with Crippen LogP contribution in [0.4, 0.5) is 0 Å². The van der Waals surface area contributed by atoms with Crippen molar-refractivity contribution in [2.75, 3.05) is 0 Å². The summed E-state index contributed by atoms with van der Waals surface area (Å²) in [4.78, 5) is 10.9. The number of halogens is 4. The summed E-state index contributed by atoms with van der Waals surface area (Å²) in [7, 11) is 0. The van der Waals surface area contributed by atoms with E-state index in [1.807, 2.05) is 0 Å². The average Bonchev–Trinajstić information content (AvgIpc) is 2.21. The molecule has 0 bridgehead atoms. The normalized spacial score (nSPS) is 9.87. The minimum absolute atomic E-state index is 0.00985. The van der Waals surface area contributed by atoms with Gasteiger partial charge in [-0.15, -0.1) is 0 Å². The van der Waals surface area contributed by atoms with Crippen LogP contribution in [-0.4, -0.2) is 5.97 Å². The van der Waals surface area contributed by atoms with E-state index >= 15 is 0 Å². The number of carbonyl (C=O) groups is 1. The molecule has 6 heteroatoms. The first-order valence-electron chi connectivity index (χ1n) is 3.64. The lowest BCUT2D eigenvalue weighted by Gasteiger charge is -2.08. The highest BCUT2D eigenvalue weighted by Crippen LogP contribution is 2.42. The Morgan fingerprint density at radius 1 is 1.20 bits per heavy atom. The maximum Gasteiger partial charge on any atom is 0.335 e. The van der Waals surface area contributed by atoms with Crippen molar-refractivity contribution in [1.82, 2.24) is 0 Å². The van der Waals surface area contributed by atoms with E-state index in [9.17, 15) is 4.79 Å². The van der Waals surface area contributed by atoms with Crippen LogP contribution in [0.25, 0.3) is 0 Å². The molecule has 0 radical (unpaired) electrons. The Morgan fingerprint density at radius 3 is 2.33 bits per heavy atom. The summed E-state index contributed by atoms with van der Waals surface area (Å²) in [5.41, 5.74) is 0. The smallest absolute Gasteiger partial charge is 0.335 e. The van der Waals surface area contributed by atoms with Crippen LogP contribution in [0, 0.1) is 0 Å². The quantitative estimate of drug-likeness (QED) is 0.265. The zero-order valence-electron chi connectivity index (χ0n) is 7.19. The van der Waals surface area contributed by atoms with Gasteiger partial charge in [0.05, 0.1) is 15.1 Å². The first-order chi connectivity index (χ1) is 6.97. The maximum absolute atomic E-state index is 10.9. The van der Waals surface area contributed by atoms with Gasteiger partial charge in [0.25, 0.3) is 0 Å². The average molecular weight is 286 g/mol. The Morgan fingerprint density at radius 2 is 1.80 bits per heavy atom. The molecular weight excluding hydrogens is 282 g/mol. The fourth-order valence-corrected chi connectivity index (χ4v) is 1.77. The molecule has 0 aliphatic heterocycles. The van der Waals surface area contributed by atoms with Gasteiger partial charge in [-0.1, -0.05) is 53.0 Å². The van der Waals surface area contributed by atoms with Crippen LogP contribution in [0.5, 0.6) is 5.75 Å². The van der Waals surface area contributed by atoms with Gasteiger partial charge in [0, 0.05) is 6.08 Å². The summed E-state index contributed by atoms with van der Waals surface area (Å²) < 4.78 is 4.80. The Bertz CT molecular complexity index is 429. The molecule has 1 rings (SSSR count). The van der Waals surface area contributed by atoms with Gasteiger partial charge < -0.3 is 4.74 Å². The number of benzene rings is 1. The number of hydrogen-bond acceptors (Lipinski definition) is 2. The molecule has 0 saturated carbocycles. The molecule has 0 aliphatic rings. The third-order valence-electron chi connectivity index (χ3n) is 1.44. The van der Waals surface area contributed by atoms with Crippen LogP contribution in [-0.2, 0) is 4.79 Å². The monoisotopic (exact) mass is 284 g/mol. The van der Waals surface area contributed by atoms with Crippen molar-refractivity contribution in [2.45, 2.75) is 0 Å². The summed E-state index contributed by atoms with van der Waals surface area (Å²) in [6.45, 7) is 3.24. The van der Waals surface area contributed by atoms with Crippen LogP contribution in [0.15, 0.2) is 18.7 Å². The Balaban J connectivity index is 3.23. The first kappa shape index (κ1) is 12.7. The van der Waals surface area contributed by atoms with Crippen molar-refractivity contribution >= 4 is 52.4 Å². The van der Waals surface area contributed by atoms with E-state index in [2.05, 4.69) is 6.58 Å². The lowest BCUT2D eigenvalue weighted by atomic mass is 10.3. The van der Waals surface area contributed by atoms with Crippen LogP contribution < -0.4 is 4.74 Å². The number of hydrogen-bond donors (Lipinski definition) is 0. The summed E-state index contributed by atoms with van der Waals surface area (Å²) in [5.74, 6) is -0.713. The highest BCUT2D eigenvalue weighted by atomic mass is 35.5. The predicted molar refractivity (Wildman–Crippen MR) is 62.3 cm³/mol. The van der Waals surface area contributed by atoms with Gasteiger partial charge in [-0.25, -0.2) is 4.79 Å².